The highest BCUT2D eigenvalue weighted by molar-refractivity contribution is 5.87. The minimum absolute atomic E-state index is 0.0143. The Kier molecular flexibility index (Phi) is 4.84. The largest absolute Gasteiger partial charge is 0.463 e. The second-order valence-electron chi connectivity index (χ2n) is 8.32. The minimum Gasteiger partial charge on any atom is -0.463 e. The van der Waals surface area contributed by atoms with Crippen molar-refractivity contribution >= 4 is 23.4 Å². The average molecular weight is 420 g/mol. The number of nitro benzene ring substituents is 1. The number of fused-ring (bicyclic) bond motifs is 2. The molecule has 2 aliphatic heterocycles. The molecule has 2 aromatic rings. The number of ether oxygens (including phenoxy) is 2. The molecule has 0 aliphatic carbocycles. The van der Waals surface area contributed by atoms with Gasteiger partial charge in [0.1, 0.15) is 12.4 Å². The SMILES string of the molecule is C=C(C)C(=O)OCCN1c2ccccc2C(C)(C)C12C=Cc1cc([N+](=O)[O-])ccc1O2. The van der Waals surface area contributed by atoms with E-state index >= 15 is 0 Å². The highest BCUT2D eigenvalue weighted by Gasteiger charge is 2.58. The van der Waals surface area contributed by atoms with Gasteiger partial charge in [0.15, 0.2) is 0 Å². The van der Waals surface area contributed by atoms with Crippen molar-refractivity contribution in [2.75, 3.05) is 18.1 Å². The first-order chi connectivity index (χ1) is 14.7. The van der Waals surface area contributed by atoms with E-state index < -0.39 is 22.0 Å². The van der Waals surface area contributed by atoms with Crippen LogP contribution in [0.1, 0.15) is 31.9 Å². The van der Waals surface area contributed by atoms with Gasteiger partial charge in [0.2, 0.25) is 5.72 Å². The number of hydrogen-bond donors (Lipinski definition) is 0. The van der Waals surface area contributed by atoms with Crippen molar-refractivity contribution in [1.82, 2.24) is 0 Å². The second-order valence-corrected chi connectivity index (χ2v) is 8.32. The van der Waals surface area contributed by atoms with E-state index in [2.05, 4.69) is 31.4 Å². The van der Waals surface area contributed by atoms with Gasteiger partial charge in [0.25, 0.3) is 5.69 Å². The summed E-state index contributed by atoms with van der Waals surface area (Å²) in [6.07, 6.45) is 3.81. The van der Waals surface area contributed by atoms with Gasteiger partial charge in [0.05, 0.1) is 16.9 Å². The Morgan fingerprint density at radius 1 is 1.26 bits per heavy atom. The third-order valence-corrected chi connectivity index (χ3v) is 6.02. The van der Waals surface area contributed by atoms with E-state index in [-0.39, 0.29) is 12.3 Å². The van der Waals surface area contributed by atoms with E-state index in [1.54, 1.807) is 13.0 Å². The summed E-state index contributed by atoms with van der Waals surface area (Å²) < 4.78 is 11.9. The Morgan fingerprint density at radius 3 is 2.71 bits per heavy atom. The normalized spacial score (nSPS) is 20.0. The van der Waals surface area contributed by atoms with Crippen molar-refractivity contribution < 1.29 is 19.2 Å². The lowest BCUT2D eigenvalue weighted by Crippen LogP contribution is -2.60. The molecule has 2 aromatic carbocycles. The molecule has 1 unspecified atom stereocenters. The van der Waals surface area contributed by atoms with Gasteiger partial charge in [-0.15, -0.1) is 0 Å². The zero-order chi connectivity index (χ0) is 22.4. The molecule has 0 saturated carbocycles. The number of carbonyl (C=O) groups excluding carboxylic acids is 1. The number of anilines is 1. The van der Waals surface area contributed by atoms with Crippen LogP contribution >= 0.6 is 0 Å². The maximum atomic E-state index is 11.9. The number of nitro groups is 1. The lowest BCUT2D eigenvalue weighted by atomic mass is 9.76. The predicted octanol–water partition coefficient (Wildman–Crippen LogP) is 4.61. The third-order valence-electron chi connectivity index (χ3n) is 6.02. The Bertz CT molecular complexity index is 1120. The molecule has 4 rings (SSSR count). The Labute approximate surface area is 180 Å². The molecule has 0 N–H and O–H groups in total. The van der Waals surface area contributed by atoms with Crippen molar-refractivity contribution in [1.29, 1.82) is 0 Å². The molecule has 31 heavy (non-hydrogen) atoms. The first-order valence-corrected chi connectivity index (χ1v) is 10.0. The molecule has 2 aliphatic rings. The van der Waals surface area contributed by atoms with E-state index in [0.29, 0.717) is 23.4 Å². The number of benzene rings is 2. The number of para-hydroxylation sites is 1. The molecule has 0 aromatic heterocycles. The smallest absolute Gasteiger partial charge is 0.333 e. The zero-order valence-electron chi connectivity index (χ0n) is 17.8. The molecule has 7 nitrogen and oxygen atoms in total. The lowest BCUT2D eigenvalue weighted by molar-refractivity contribution is -0.384. The fraction of sp³-hybridized carbons (Fsp3) is 0.292. The topological polar surface area (TPSA) is 81.9 Å². The summed E-state index contributed by atoms with van der Waals surface area (Å²) in [5, 5.41) is 11.1. The van der Waals surface area contributed by atoms with Gasteiger partial charge in [-0.25, -0.2) is 4.79 Å². The number of non-ortho nitro benzene ring substituents is 1. The second kappa shape index (κ2) is 7.27. The maximum Gasteiger partial charge on any atom is 0.333 e. The molecule has 0 amide bonds. The van der Waals surface area contributed by atoms with Crippen LogP contribution < -0.4 is 9.64 Å². The predicted molar refractivity (Wildman–Crippen MR) is 118 cm³/mol. The van der Waals surface area contributed by atoms with E-state index in [0.717, 1.165) is 11.3 Å². The van der Waals surface area contributed by atoms with Gasteiger partial charge in [-0.2, -0.15) is 0 Å². The van der Waals surface area contributed by atoms with Crippen LogP contribution in [0.4, 0.5) is 11.4 Å². The summed E-state index contributed by atoms with van der Waals surface area (Å²) in [7, 11) is 0. The van der Waals surface area contributed by atoms with Crippen LogP contribution in [0, 0.1) is 10.1 Å². The van der Waals surface area contributed by atoms with Crippen LogP contribution in [0.15, 0.2) is 60.7 Å². The van der Waals surface area contributed by atoms with Crippen molar-refractivity contribution in [2.24, 2.45) is 0 Å². The van der Waals surface area contributed by atoms with Crippen LogP contribution in [0.2, 0.25) is 0 Å². The van der Waals surface area contributed by atoms with Gasteiger partial charge >= 0.3 is 5.97 Å². The number of carbonyl (C=O) groups is 1. The molecular weight excluding hydrogens is 396 g/mol. The monoisotopic (exact) mass is 420 g/mol. The summed E-state index contributed by atoms with van der Waals surface area (Å²) in [6, 6.07) is 12.6. The fourth-order valence-electron chi connectivity index (χ4n) is 4.34. The van der Waals surface area contributed by atoms with Crippen molar-refractivity contribution in [3.8, 4) is 5.75 Å². The third kappa shape index (κ3) is 3.17. The van der Waals surface area contributed by atoms with Crippen LogP contribution in [0.3, 0.4) is 0 Å². The molecule has 2 heterocycles. The zero-order valence-corrected chi connectivity index (χ0v) is 17.8. The molecule has 1 atom stereocenters. The summed E-state index contributed by atoms with van der Waals surface area (Å²) in [6.45, 7) is 10.0. The summed E-state index contributed by atoms with van der Waals surface area (Å²) >= 11 is 0. The highest BCUT2D eigenvalue weighted by Crippen LogP contribution is 2.54. The van der Waals surface area contributed by atoms with E-state index in [4.69, 9.17) is 9.47 Å². The number of esters is 1. The standard InChI is InChI=1S/C24H24N2O5/c1-16(2)22(27)30-14-13-25-20-8-6-5-7-19(20)23(3,4)24(25)12-11-17-15-18(26(28)29)9-10-21(17)31-24/h5-12,15H,1,13-14H2,2-4H3. The van der Waals surface area contributed by atoms with Crippen LogP contribution in [0.25, 0.3) is 6.08 Å². The van der Waals surface area contributed by atoms with Crippen molar-refractivity contribution in [3.05, 3.63) is 81.9 Å². The lowest BCUT2D eigenvalue weighted by Gasteiger charge is -2.47. The molecule has 0 fully saturated rings. The molecule has 0 radical (unpaired) electrons. The number of nitrogens with zero attached hydrogens (tertiary/aromatic N) is 2. The van der Waals surface area contributed by atoms with E-state index in [1.165, 1.54) is 12.1 Å². The summed E-state index contributed by atoms with van der Waals surface area (Å²) in [4.78, 5) is 24.7. The van der Waals surface area contributed by atoms with Crippen molar-refractivity contribution in [2.45, 2.75) is 31.9 Å². The Hall–Kier alpha value is -3.61. The Morgan fingerprint density at radius 2 is 2.00 bits per heavy atom. The highest BCUT2D eigenvalue weighted by atomic mass is 16.6. The first kappa shape index (κ1) is 20.7. The average Bonchev–Trinajstić information content (AvgIpc) is 2.92. The fourth-order valence-corrected chi connectivity index (χ4v) is 4.34. The van der Waals surface area contributed by atoms with Gasteiger partial charge in [-0.05, 0) is 50.6 Å². The number of rotatable bonds is 5. The Balaban J connectivity index is 1.73. The first-order valence-electron chi connectivity index (χ1n) is 10.0. The van der Waals surface area contributed by atoms with E-state index in [1.807, 2.05) is 30.4 Å². The molecule has 7 heteroatoms. The summed E-state index contributed by atoms with van der Waals surface area (Å²) in [5.41, 5.74) is 1.79. The molecule has 0 bridgehead atoms. The molecule has 160 valence electrons. The molecule has 0 saturated heterocycles. The van der Waals surface area contributed by atoms with Crippen molar-refractivity contribution in [3.63, 3.8) is 0 Å². The quantitative estimate of drug-likeness (QED) is 0.304. The summed E-state index contributed by atoms with van der Waals surface area (Å²) in [5.74, 6) is 0.136. The van der Waals surface area contributed by atoms with Crippen LogP contribution in [-0.2, 0) is 14.9 Å². The molecule has 1 spiro atoms. The van der Waals surface area contributed by atoms with Gasteiger partial charge in [-0.1, -0.05) is 24.8 Å². The maximum absolute atomic E-state index is 11.9. The number of hydrogen-bond acceptors (Lipinski definition) is 6. The van der Waals surface area contributed by atoms with Crippen LogP contribution in [0.5, 0.6) is 5.75 Å². The minimum atomic E-state index is -0.880. The van der Waals surface area contributed by atoms with Gasteiger partial charge in [-0.3, -0.25) is 10.1 Å². The van der Waals surface area contributed by atoms with Gasteiger partial charge < -0.3 is 14.4 Å². The molecular formula is C24H24N2O5. The van der Waals surface area contributed by atoms with Gasteiger partial charge in [0, 0.05) is 29.0 Å². The van der Waals surface area contributed by atoms with E-state index in [9.17, 15) is 14.9 Å². The van der Waals surface area contributed by atoms with Crippen LogP contribution in [-0.4, -0.2) is 29.8 Å².